The minimum Gasteiger partial charge on any atom is -0.393 e. The van der Waals surface area contributed by atoms with Gasteiger partial charge in [0.15, 0.2) is 0 Å². The lowest BCUT2D eigenvalue weighted by Gasteiger charge is -2.38. The molecule has 0 bridgehead atoms. The molecule has 0 aromatic rings. The Hall–Kier alpha value is -1.14. The Morgan fingerprint density at radius 1 is 1.19 bits per heavy atom. The molecule has 1 fully saturated rings. The summed E-state index contributed by atoms with van der Waals surface area (Å²) in [6, 6.07) is -0.665. The Balaban J connectivity index is 2.73. The normalized spacial score (nSPS) is 20.1. The number of aliphatic hydroxyl groups excluding tert-OH is 1. The van der Waals surface area contributed by atoms with E-state index in [0.29, 0.717) is 18.8 Å². The van der Waals surface area contributed by atoms with E-state index in [9.17, 15) is 14.7 Å². The number of rotatable bonds is 12. The number of amides is 2. The lowest BCUT2D eigenvalue weighted by atomic mass is 9.78. The van der Waals surface area contributed by atoms with Crippen molar-refractivity contribution < 1.29 is 14.7 Å². The minimum absolute atomic E-state index is 0.138. The number of aliphatic hydroxyl groups is 1. The van der Waals surface area contributed by atoms with E-state index >= 15 is 0 Å². The quantitative estimate of drug-likeness (QED) is 0.414. The fourth-order valence-electron chi connectivity index (χ4n) is 4.12. The summed E-state index contributed by atoms with van der Waals surface area (Å²) in [5, 5.41) is 13.4. The molecule has 3 atom stereocenters. The van der Waals surface area contributed by atoms with Crippen molar-refractivity contribution in [3.05, 3.63) is 0 Å². The van der Waals surface area contributed by atoms with Crippen molar-refractivity contribution >= 4 is 11.8 Å². The van der Waals surface area contributed by atoms with Gasteiger partial charge in [-0.25, -0.2) is 0 Å². The summed E-state index contributed by atoms with van der Waals surface area (Å²) >= 11 is 0. The molecule has 27 heavy (non-hydrogen) atoms. The summed E-state index contributed by atoms with van der Waals surface area (Å²) in [5.74, 6) is -0.546. The Morgan fingerprint density at radius 3 is 2.33 bits per heavy atom. The lowest BCUT2D eigenvalue weighted by Crippen LogP contribution is -2.64. The SMILES string of the molecule is CCCC[C@H](N)C(=O)N[C@](C[C@@H](O)CCC1CCCCC1)(C(N)=O)C(C)C. The zero-order valence-corrected chi connectivity index (χ0v) is 17.5. The molecule has 0 aliphatic heterocycles. The lowest BCUT2D eigenvalue weighted by molar-refractivity contribution is -0.135. The van der Waals surface area contributed by atoms with Crippen molar-refractivity contribution in [1.29, 1.82) is 0 Å². The molecular formula is C21H41N3O3. The molecule has 1 rings (SSSR count). The highest BCUT2D eigenvalue weighted by Crippen LogP contribution is 2.30. The highest BCUT2D eigenvalue weighted by molar-refractivity contribution is 5.92. The van der Waals surface area contributed by atoms with Gasteiger partial charge < -0.3 is 21.9 Å². The third-order valence-corrected chi connectivity index (χ3v) is 6.17. The van der Waals surface area contributed by atoms with Gasteiger partial charge >= 0.3 is 0 Å². The second-order valence-corrected chi connectivity index (χ2v) is 8.67. The number of nitrogens with two attached hydrogens (primary N) is 2. The highest BCUT2D eigenvalue weighted by atomic mass is 16.3. The third-order valence-electron chi connectivity index (χ3n) is 6.17. The second-order valence-electron chi connectivity index (χ2n) is 8.67. The first kappa shape index (κ1) is 23.9. The van der Waals surface area contributed by atoms with Crippen LogP contribution in [-0.4, -0.2) is 34.6 Å². The Labute approximate surface area is 164 Å². The molecule has 0 heterocycles. The van der Waals surface area contributed by atoms with Crippen molar-refractivity contribution in [2.75, 3.05) is 0 Å². The third kappa shape index (κ3) is 7.41. The number of hydrogen-bond acceptors (Lipinski definition) is 4. The van der Waals surface area contributed by atoms with Crippen LogP contribution in [0.15, 0.2) is 0 Å². The second kappa shape index (κ2) is 11.6. The molecule has 0 saturated heterocycles. The van der Waals surface area contributed by atoms with E-state index in [-0.39, 0.29) is 18.2 Å². The molecule has 1 aliphatic carbocycles. The Morgan fingerprint density at radius 2 is 1.81 bits per heavy atom. The number of nitrogens with one attached hydrogen (secondary N) is 1. The summed E-state index contributed by atoms with van der Waals surface area (Å²) in [6.45, 7) is 5.72. The van der Waals surface area contributed by atoms with Crippen LogP contribution >= 0.6 is 0 Å². The van der Waals surface area contributed by atoms with Crippen molar-refractivity contribution in [1.82, 2.24) is 5.32 Å². The molecule has 158 valence electrons. The average Bonchev–Trinajstić information content (AvgIpc) is 2.64. The molecule has 0 aromatic carbocycles. The molecule has 0 radical (unpaired) electrons. The van der Waals surface area contributed by atoms with E-state index in [2.05, 4.69) is 5.32 Å². The summed E-state index contributed by atoms with van der Waals surface area (Å²) < 4.78 is 0. The van der Waals surface area contributed by atoms with Crippen LogP contribution in [0.4, 0.5) is 0 Å². The first-order chi connectivity index (χ1) is 12.7. The van der Waals surface area contributed by atoms with Gasteiger partial charge in [-0.15, -0.1) is 0 Å². The summed E-state index contributed by atoms with van der Waals surface area (Å²) in [5.41, 5.74) is 10.4. The average molecular weight is 384 g/mol. The molecule has 6 nitrogen and oxygen atoms in total. The Bertz CT molecular complexity index is 464. The van der Waals surface area contributed by atoms with Gasteiger partial charge in [0.2, 0.25) is 11.8 Å². The van der Waals surface area contributed by atoms with E-state index in [1.165, 1.54) is 32.1 Å². The van der Waals surface area contributed by atoms with Crippen molar-refractivity contribution in [3.8, 4) is 0 Å². The number of carbonyl (C=O) groups is 2. The van der Waals surface area contributed by atoms with Gasteiger partial charge in [0.25, 0.3) is 0 Å². The Kier molecular flexibility index (Phi) is 10.3. The molecular weight excluding hydrogens is 342 g/mol. The number of unbranched alkanes of at least 4 members (excludes halogenated alkanes) is 1. The smallest absolute Gasteiger partial charge is 0.243 e. The largest absolute Gasteiger partial charge is 0.393 e. The van der Waals surface area contributed by atoms with Crippen LogP contribution < -0.4 is 16.8 Å². The first-order valence-electron chi connectivity index (χ1n) is 10.8. The van der Waals surface area contributed by atoms with Gasteiger partial charge in [0.1, 0.15) is 5.54 Å². The zero-order chi connectivity index (χ0) is 20.4. The maximum absolute atomic E-state index is 12.5. The molecule has 0 aromatic heterocycles. The van der Waals surface area contributed by atoms with E-state index in [1.807, 2.05) is 20.8 Å². The summed E-state index contributed by atoms with van der Waals surface area (Å²) in [4.78, 5) is 24.9. The van der Waals surface area contributed by atoms with Gasteiger partial charge in [0.05, 0.1) is 12.1 Å². The van der Waals surface area contributed by atoms with Gasteiger partial charge in [-0.05, 0) is 31.1 Å². The molecule has 6 N–H and O–H groups in total. The summed E-state index contributed by atoms with van der Waals surface area (Å²) in [6.07, 6.45) is 9.71. The maximum atomic E-state index is 12.5. The van der Waals surface area contributed by atoms with Crippen LogP contribution in [0.5, 0.6) is 0 Å². The van der Waals surface area contributed by atoms with E-state index in [4.69, 9.17) is 11.5 Å². The first-order valence-corrected chi connectivity index (χ1v) is 10.8. The van der Waals surface area contributed by atoms with Gasteiger partial charge in [-0.2, -0.15) is 0 Å². The minimum atomic E-state index is -1.27. The van der Waals surface area contributed by atoms with Crippen LogP contribution in [0.1, 0.15) is 91.4 Å². The molecule has 0 unspecified atom stereocenters. The van der Waals surface area contributed by atoms with E-state index in [0.717, 1.165) is 19.3 Å². The predicted octanol–water partition coefficient (Wildman–Crippen LogP) is 2.61. The van der Waals surface area contributed by atoms with Crippen LogP contribution in [0.3, 0.4) is 0 Å². The van der Waals surface area contributed by atoms with Gasteiger partial charge in [-0.3, -0.25) is 9.59 Å². The number of primary amides is 1. The fraction of sp³-hybridized carbons (Fsp3) is 0.905. The van der Waals surface area contributed by atoms with Crippen molar-refractivity contribution in [2.24, 2.45) is 23.3 Å². The van der Waals surface area contributed by atoms with Crippen molar-refractivity contribution in [2.45, 2.75) is 109 Å². The number of hydrogen-bond donors (Lipinski definition) is 4. The predicted molar refractivity (Wildman–Crippen MR) is 109 cm³/mol. The number of carbonyl (C=O) groups excluding carboxylic acids is 2. The molecule has 1 aliphatic rings. The summed E-state index contributed by atoms with van der Waals surface area (Å²) in [7, 11) is 0. The monoisotopic (exact) mass is 383 g/mol. The molecule has 1 saturated carbocycles. The van der Waals surface area contributed by atoms with E-state index in [1.54, 1.807) is 0 Å². The molecule has 0 spiro atoms. The maximum Gasteiger partial charge on any atom is 0.243 e. The van der Waals surface area contributed by atoms with Crippen LogP contribution in [-0.2, 0) is 9.59 Å². The molecule has 6 heteroatoms. The van der Waals surface area contributed by atoms with Gasteiger partial charge in [-0.1, -0.05) is 65.7 Å². The van der Waals surface area contributed by atoms with Crippen LogP contribution in [0.25, 0.3) is 0 Å². The fourth-order valence-corrected chi connectivity index (χ4v) is 4.12. The topological polar surface area (TPSA) is 118 Å². The zero-order valence-electron chi connectivity index (χ0n) is 17.5. The highest BCUT2D eigenvalue weighted by Gasteiger charge is 2.43. The standard InChI is InChI=1S/C21H41N3O3/c1-4-5-11-18(22)19(26)24-21(15(2)3,20(23)27)14-17(25)13-12-16-9-7-6-8-10-16/h15-18,25H,4-14,22H2,1-3H3,(H2,23,27)(H,24,26)/t17-,18-,21-/m0/s1. The van der Waals surface area contributed by atoms with Gasteiger partial charge in [0, 0.05) is 6.42 Å². The van der Waals surface area contributed by atoms with Crippen LogP contribution in [0, 0.1) is 11.8 Å². The van der Waals surface area contributed by atoms with E-state index < -0.39 is 23.6 Å². The molecule has 2 amide bonds. The van der Waals surface area contributed by atoms with Crippen molar-refractivity contribution in [3.63, 3.8) is 0 Å². The van der Waals surface area contributed by atoms with Crippen LogP contribution in [0.2, 0.25) is 0 Å².